The van der Waals surface area contributed by atoms with E-state index in [0.29, 0.717) is 30.1 Å². The molecule has 0 unspecified atom stereocenters. The predicted octanol–water partition coefficient (Wildman–Crippen LogP) is 5.13. The van der Waals surface area contributed by atoms with Gasteiger partial charge in [-0.05, 0) is 50.8 Å². The van der Waals surface area contributed by atoms with E-state index < -0.39 is 5.97 Å². The Morgan fingerprint density at radius 1 is 0.935 bits per heavy atom. The zero-order valence-electron chi connectivity index (χ0n) is 17.7. The Kier molecular flexibility index (Phi) is 7.55. The summed E-state index contributed by atoms with van der Waals surface area (Å²) >= 11 is 0. The summed E-state index contributed by atoms with van der Waals surface area (Å²) in [5, 5.41) is 0. The molecule has 2 aromatic carbocycles. The molecule has 1 aliphatic carbocycles. The third-order valence-corrected chi connectivity index (χ3v) is 5.08. The first-order chi connectivity index (χ1) is 15.0. The van der Waals surface area contributed by atoms with Gasteiger partial charge in [0.25, 0.3) is 0 Å². The first kappa shape index (κ1) is 22.2. The molecule has 0 bridgehead atoms. The van der Waals surface area contributed by atoms with Crippen molar-refractivity contribution in [3.05, 3.63) is 82.9 Å². The van der Waals surface area contributed by atoms with E-state index in [0.717, 1.165) is 42.9 Å². The molecule has 0 fully saturated rings. The fourth-order valence-corrected chi connectivity index (χ4v) is 3.44. The summed E-state index contributed by atoms with van der Waals surface area (Å²) in [5.74, 6) is -0.239. The molecule has 160 valence electrons. The number of unbranched alkanes of at least 4 members (excludes halogenated alkanes) is 3. The summed E-state index contributed by atoms with van der Waals surface area (Å²) in [4.78, 5) is 36.4. The molecule has 0 saturated carbocycles. The first-order valence-corrected chi connectivity index (χ1v) is 10.4. The number of fused-ring (bicyclic) bond motifs is 1. The minimum atomic E-state index is -0.397. The van der Waals surface area contributed by atoms with Crippen molar-refractivity contribution in [2.45, 2.75) is 32.6 Å². The minimum absolute atomic E-state index is 0.172. The van der Waals surface area contributed by atoms with Crippen molar-refractivity contribution in [3.63, 3.8) is 0 Å². The second kappa shape index (κ2) is 10.5. The first-order valence-electron chi connectivity index (χ1n) is 10.4. The van der Waals surface area contributed by atoms with Crippen LogP contribution in [0.25, 0.3) is 6.08 Å². The molecule has 0 atom stereocenters. The monoisotopic (exact) mass is 418 g/mol. The van der Waals surface area contributed by atoms with Crippen LogP contribution in [0, 0.1) is 6.92 Å². The number of esters is 1. The number of aryl methyl sites for hydroxylation is 1. The van der Waals surface area contributed by atoms with Crippen molar-refractivity contribution >= 4 is 23.6 Å². The number of carbonyl (C=O) groups is 3. The fourth-order valence-electron chi connectivity index (χ4n) is 3.44. The summed E-state index contributed by atoms with van der Waals surface area (Å²) in [6, 6.07) is 12.6. The number of rotatable bonds is 10. The Balaban J connectivity index is 1.59. The highest BCUT2D eigenvalue weighted by molar-refractivity contribution is 6.41. The summed E-state index contributed by atoms with van der Waals surface area (Å²) in [6.07, 6.45) is 6.32. The van der Waals surface area contributed by atoms with E-state index in [1.165, 1.54) is 0 Å². The highest BCUT2D eigenvalue weighted by Gasteiger charge is 2.32. The van der Waals surface area contributed by atoms with Gasteiger partial charge in [-0.1, -0.05) is 42.5 Å². The maximum atomic E-state index is 12.7. The van der Waals surface area contributed by atoms with Gasteiger partial charge in [-0.2, -0.15) is 0 Å². The van der Waals surface area contributed by atoms with Crippen LogP contribution in [0.5, 0.6) is 5.75 Å². The number of ether oxygens (including phenoxy) is 2. The van der Waals surface area contributed by atoms with Crippen molar-refractivity contribution < 1.29 is 23.9 Å². The second-order valence-electron chi connectivity index (χ2n) is 7.44. The smallest absolute Gasteiger partial charge is 0.330 e. The van der Waals surface area contributed by atoms with Gasteiger partial charge in [-0.3, -0.25) is 9.59 Å². The third kappa shape index (κ3) is 5.57. The van der Waals surface area contributed by atoms with Gasteiger partial charge in [0.2, 0.25) is 0 Å². The van der Waals surface area contributed by atoms with Crippen LogP contribution in [0.1, 0.15) is 57.5 Å². The van der Waals surface area contributed by atoms with Gasteiger partial charge in [0.1, 0.15) is 5.75 Å². The van der Waals surface area contributed by atoms with E-state index >= 15 is 0 Å². The van der Waals surface area contributed by atoms with Crippen molar-refractivity contribution in [1.82, 2.24) is 0 Å². The quantitative estimate of drug-likeness (QED) is 0.232. The zero-order chi connectivity index (χ0) is 22.2. The summed E-state index contributed by atoms with van der Waals surface area (Å²) < 4.78 is 10.9. The molecule has 3 rings (SSSR count). The van der Waals surface area contributed by atoms with E-state index in [2.05, 4.69) is 6.58 Å². The molecule has 0 spiro atoms. The molecule has 1 aliphatic rings. The molecule has 0 N–H and O–H groups in total. The molecule has 5 heteroatoms. The highest BCUT2D eigenvalue weighted by Crippen LogP contribution is 2.30. The molecule has 0 aromatic heterocycles. The Morgan fingerprint density at radius 2 is 1.58 bits per heavy atom. The van der Waals surface area contributed by atoms with E-state index in [4.69, 9.17) is 9.47 Å². The maximum absolute atomic E-state index is 12.7. The minimum Gasteiger partial charge on any atom is -0.493 e. The summed E-state index contributed by atoms with van der Waals surface area (Å²) in [7, 11) is 0. The largest absolute Gasteiger partial charge is 0.493 e. The number of hydrogen-bond donors (Lipinski definition) is 0. The normalized spacial score (nSPS) is 12.5. The van der Waals surface area contributed by atoms with Crippen molar-refractivity contribution in [1.29, 1.82) is 0 Å². The van der Waals surface area contributed by atoms with Gasteiger partial charge < -0.3 is 9.47 Å². The van der Waals surface area contributed by atoms with Crippen LogP contribution in [-0.4, -0.2) is 30.7 Å². The summed E-state index contributed by atoms with van der Waals surface area (Å²) in [5.41, 5.74) is 2.82. The van der Waals surface area contributed by atoms with Crippen LogP contribution in [0.2, 0.25) is 0 Å². The average molecular weight is 418 g/mol. The SMILES string of the molecule is C=CC(=O)OCCCCCCOc1ccc(C)cc1C=C1C(=O)c2ccccc2C1=O. The van der Waals surface area contributed by atoms with Gasteiger partial charge in [0.15, 0.2) is 11.6 Å². The molecule has 0 heterocycles. The van der Waals surface area contributed by atoms with E-state index in [1.807, 2.05) is 25.1 Å². The molecule has 31 heavy (non-hydrogen) atoms. The van der Waals surface area contributed by atoms with E-state index in [9.17, 15) is 14.4 Å². The Labute approximate surface area is 182 Å². The van der Waals surface area contributed by atoms with Gasteiger partial charge in [-0.25, -0.2) is 4.79 Å². The van der Waals surface area contributed by atoms with Crippen LogP contribution in [0.3, 0.4) is 0 Å². The topological polar surface area (TPSA) is 69.7 Å². The molecule has 0 radical (unpaired) electrons. The molecule has 0 aliphatic heterocycles. The van der Waals surface area contributed by atoms with Gasteiger partial charge in [0, 0.05) is 22.8 Å². The lowest BCUT2D eigenvalue weighted by Gasteiger charge is -2.11. The van der Waals surface area contributed by atoms with Crippen molar-refractivity contribution in [2.75, 3.05) is 13.2 Å². The van der Waals surface area contributed by atoms with Crippen LogP contribution >= 0.6 is 0 Å². The third-order valence-electron chi connectivity index (χ3n) is 5.08. The van der Waals surface area contributed by atoms with E-state index in [1.54, 1.807) is 30.3 Å². The van der Waals surface area contributed by atoms with E-state index in [-0.39, 0.29) is 17.1 Å². The van der Waals surface area contributed by atoms with Crippen LogP contribution in [-0.2, 0) is 9.53 Å². The maximum Gasteiger partial charge on any atom is 0.330 e. The number of ketones is 2. The molecular formula is C26H26O5. The average Bonchev–Trinajstić information content (AvgIpc) is 3.01. The summed E-state index contributed by atoms with van der Waals surface area (Å²) in [6.45, 7) is 6.23. The number of Topliss-reactive ketones (excluding diaryl/α,β-unsaturated/α-hetero) is 2. The van der Waals surface area contributed by atoms with Crippen LogP contribution < -0.4 is 4.74 Å². The van der Waals surface area contributed by atoms with Gasteiger partial charge in [-0.15, -0.1) is 0 Å². The molecule has 2 aromatic rings. The lowest BCUT2D eigenvalue weighted by molar-refractivity contribution is -0.137. The number of allylic oxidation sites excluding steroid dienone is 1. The Morgan fingerprint density at radius 3 is 2.23 bits per heavy atom. The van der Waals surface area contributed by atoms with Crippen molar-refractivity contribution in [2.24, 2.45) is 0 Å². The lowest BCUT2D eigenvalue weighted by atomic mass is 10.0. The molecular weight excluding hydrogens is 392 g/mol. The molecule has 5 nitrogen and oxygen atoms in total. The lowest BCUT2D eigenvalue weighted by Crippen LogP contribution is -2.03. The number of carbonyl (C=O) groups excluding carboxylic acids is 3. The van der Waals surface area contributed by atoms with Crippen LogP contribution in [0.4, 0.5) is 0 Å². The van der Waals surface area contributed by atoms with Gasteiger partial charge in [0.05, 0.1) is 18.8 Å². The predicted molar refractivity (Wildman–Crippen MR) is 119 cm³/mol. The number of benzene rings is 2. The highest BCUT2D eigenvalue weighted by atomic mass is 16.5. The Hall–Kier alpha value is -3.47. The fraction of sp³-hybridized carbons (Fsp3) is 0.269. The Bertz CT molecular complexity index is 995. The van der Waals surface area contributed by atoms with Gasteiger partial charge >= 0.3 is 5.97 Å². The van der Waals surface area contributed by atoms with Crippen LogP contribution in [0.15, 0.2) is 60.7 Å². The van der Waals surface area contributed by atoms with Crippen molar-refractivity contribution in [3.8, 4) is 5.75 Å². The molecule has 0 saturated heterocycles. The molecule has 0 amide bonds. The second-order valence-corrected chi connectivity index (χ2v) is 7.44. The zero-order valence-corrected chi connectivity index (χ0v) is 17.7. The standard InChI is InChI=1S/C26H26O5/c1-3-24(27)31-15-9-5-4-8-14-30-23-13-12-18(2)16-19(23)17-22-25(28)20-10-6-7-11-21(20)26(22)29/h3,6-7,10-13,16-17H,1,4-5,8-9,14-15H2,2H3. The number of hydrogen-bond acceptors (Lipinski definition) is 5.